The molecule has 0 spiro atoms. The summed E-state index contributed by atoms with van der Waals surface area (Å²) in [5, 5.41) is 0. The summed E-state index contributed by atoms with van der Waals surface area (Å²) in [6.45, 7) is 4.14. The second-order valence-corrected chi connectivity index (χ2v) is 4.50. The smallest absolute Gasteiger partial charge is 0.188 e. The summed E-state index contributed by atoms with van der Waals surface area (Å²) in [5.74, 6) is 0.791. The van der Waals surface area contributed by atoms with Crippen LogP contribution >= 0.6 is 0 Å². The molecule has 4 nitrogen and oxygen atoms in total. The van der Waals surface area contributed by atoms with Crippen molar-refractivity contribution in [3.05, 3.63) is 29.8 Å². The van der Waals surface area contributed by atoms with Gasteiger partial charge in [-0.05, 0) is 44.0 Å². The lowest BCUT2D eigenvalue weighted by molar-refractivity contribution is -0.0262. The van der Waals surface area contributed by atoms with E-state index in [2.05, 4.69) is 0 Å². The van der Waals surface area contributed by atoms with Crippen LogP contribution in [0.25, 0.3) is 0 Å². The molecule has 1 heterocycles. The van der Waals surface area contributed by atoms with Gasteiger partial charge in [-0.1, -0.05) is 0 Å². The molecule has 0 amide bonds. The van der Waals surface area contributed by atoms with E-state index in [1.807, 2.05) is 19.1 Å². The lowest BCUT2D eigenvalue weighted by atomic mass is 10.1. The summed E-state index contributed by atoms with van der Waals surface area (Å²) in [5.41, 5.74) is 0.663. The molecule has 1 aromatic rings. The Bertz CT molecular complexity index is 393. The van der Waals surface area contributed by atoms with Gasteiger partial charge < -0.3 is 14.2 Å². The number of ether oxygens (including phenoxy) is 3. The molecular weight excluding hydrogens is 244 g/mol. The maximum absolute atomic E-state index is 12.0. The highest BCUT2D eigenvalue weighted by Crippen LogP contribution is 2.14. The number of carbonyl (C=O) groups is 1. The van der Waals surface area contributed by atoms with E-state index in [0.29, 0.717) is 12.2 Å². The number of benzene rings is 1. The highest BCUT2D eigenvalue weighted by molar-refractivity contribution is 5.97. The first-order valence-corrected chi connectivity index (χ1v) is 6.75. The number of hydrogen-bond donors (Lipinski definition) is 0. The number of hydrogen-bond acceptors (Lipinski definition) is 4. The average Bonchev–Trinajstić information content (AvgIpc) is 2.47. The van der Waals surface area contributed by atoms with Gasteiger partial charge in [0.1, 0.15) is 12.4 Å². The second kappa shape index (κ2) is 7.26. The topological polar surface area (TPSA) is 44.8 Å². The molecule has 1 saturated heterocycles. The predicted molar refractivity (Wildman–Crippen MR) is 71.7 cm³/mol. The van der Waals surface area contributed by atoms with Crippen molar-refractivity contribution in [2.24, 2.45) is 0 Å². The molecule has 1 aromatic carbocycles. The van der Waals surface area contributed by atoms with E-state index in [4.69, 9.17) is 14.2 Å². The molecule has 0 atom stereocenters. The van der Waals surface area contributed by atoms with Crippen LogP contribution < -0.4 is 4.74 Å². The molecule has 104 valence electrons. The van der Waals surface area contributed by atoms with Gasteiger partial charge in [-0.2, -0.15) is 0 Å². The molecule has 0 aromatic heterocycles. The molecule has 1 aliphatic rings. The minimum atomic E-state index is 0.00883. The third-order valence-corrected chi connectivity index (χ3v) is 3.11. The number of Topliss-reactive ketones (excluding diaryl/α,β-unsaturated/α-hetero) is 1. The Morgan fingerprint density at radius 3 is 2.58 bits per heavy atom. The predicted octanol–water partition coefficient (Wildman–Crippen LogP) is 2.46. The van der Waals surface area contributed by atoms with Crippen molar-refractivity contribution in [3.8, 4) is 5.75 Å². The van der Waals surface area contributed by atoms with Crippen molar-refractivity contribution in [2.75, 3.05) is 26.4 Å². The third-order valence-electron chi connectivity index (χ3n) is 3.11. The van der Waals surface area contributed by atoms with Crippen molar-refractivity contribution in [2.45, 2.75) is 25.9 Å². The van der Waals surface area contributed by atoms with E-state index in [9.17, 15) is 4.79 Å². The summed E-state index contributed by atoms with van der Waals surface area (Å²) < 4.78 is 16.2. The fraction of sp³-hybridized carbons (Fsp3) is 0.533. The Hall–Kier alpha value is -1.39. The quantitative estimate of drug-likeness (QED) is 0.740. The summed E-state index contributed by atoms with van der Waals surface area (Å²) in [6, 6.07) is 7.18. The normalized spacial score (nSPS) is 16.3. The van der Waals surface area contributed by atoms with Crippen LogP contribution in [0, 0.1) is 0 Å². The average molecular weight is 264 g/mol. The maximum Gasteiger partial charge on any atom is 0.188 e. The van der Waals surface area contributed by atoms with Crippen molar-refractivity contribution in [1.29, 1.82) is 0 Å². The van der Waals surface area contributed by atoms with E-state index >= 15 is 0 Å². The molecule has 0 unspecified atom stereocenters. The van der Waals surface area contributed by atoms with Gasteiger partial charge in [0.15, 0.2) is 5.78 Å². The maximum atomic E-state index is 12.0. The van der Waals surface area contributed by atoms with Crippen LogP contribution in [0.5, 0.6) is 5.75 Å². The molecule has 19 heavy (non-hydrogen) atoms. The number of ketones is 1. The molecular formula is C15H20O4. The molecule has 0 bridgehead atoms. The Kier molecular flexibility index (Phi) is 5.36. The van der Waals surface area contributed by atoms with Crippen molar-refractivity contribution >= 4 is 5.78 Å². The largest absolute Gasteiger partial charge is 0.494 e. The van der Waals surface area contributed by atoms with Crippen LogP contribution in [-0.4, -0.2) is 38.3 Å². The van der Waals surface area contributed by atoms with Gasteiger partial charge in [0, 0.05) is 18.8 Å². The minimum absolute atomic E-state index is 0.00883. The lowest BCUT2D eigenvalue weighted by Gasteiger charge is -2.21. The molecule has 2 rings (SSSR count). The zero-order valence-electron chi connectivity index (χ0n) is 11.3. The van der Waals surface area contributed by atoms with Gasteiger partial charge in [0.2, 0.25) is 0 Å². The fourth-order valence-corrected chi connectivity index (χ4v) is 2.02. The van der Waals surface area contributed by atoms with Crippen molar-refractivity contribution < 1.29 is 19.0 Å². The number of carbonyl (C=O) groups excluding carboxylic acids is 1. The van der Waals surface area contributed by atoms with E-state index in [1.54, 1.807) is 12.1 Å². The fourth-order valence-electron chi connectivity index (χ4n) is 2.02. The Morgan fingerprint density at radius 2 is 1.95 bits per heavy atom. The molecule has 1 aliphatic heterocycles. The van der Waals surface area contributed by atoms with Gasteiger partial charge >= 0.3 is 0 Å². The van der Waals surface area contributed by atoms with Gasteiger partial charge in [0.25, 0.3) is 0 Å². The van der Waals surface area contributed by atoms with Crippen molar-refractivity contribution in [3.63, 3.8) is 0 Å². The van der Waals surface area contributed by atoms with Crippen molar-refractivity contribution in [1.82, 2.24) is 0 Å². The monoisotopic (exact) mass is 264 g/mol. The first-order valence-electron chi connectivity index (χ1n) is 6.75. The van der Waals surface area contributed by atoms with Gasteiger partial charge in [-0.25, -0.2) is 0 Å². The lowest BCUT2D eigenvalue weighted by Crippen LogP contribution is -2.25. The van der Waals surface area contributed by atoms with Crippen LogP contribution in [-0.2, 0) is 9.47 Å². The van der Waals surface area contributed by atoms with E-state index in [0.717, 1.165) is 31.8 Å². The summed E-state index contributed by atoms with van der Waals surface area (Å²) in [4.78, 5) is 12.0. The zero-order chi connectivity index (χ0) is 13.5. The van der Waals surface area contributed by atoms with Gasteiger partial charge in [0.05, 0.1) is 12.7 Å². The van der Waals surface area contributed by atoms with E-state index in [1.165, 1.54) is 0 Å². The standard InChI is InChI=1S/C15H20O4/c1-2-18-13-5-3-12(4-6-13)15(16)11-19-14-7-9-17-10-8-14/h3-6,14H,2,7-11H2,1H3. The molecule has 0 radical (unpaired) electrons. The minimum Gasteiger partial charge on any atom is -0.494 e. The molecule has 0 N–H and O–H groups in total. The Morgan fingerprint density at radius 1 is 1.26 bits per heavy atom. The first-order chi connectivity index (χ1) is 9.29. The van der Waals surface area contributed by atoms with Crippen LogP contribution in [0.2, 0.25) is 0 Å². The third kappa shape index (κ3) is 4.33. The summed E-state index contributed by atoms with van der Waals surface area (Å²) in [6.07, 6.45) is 1.90. The highest BCUT2D eigenvalue weighted by Gasteiger charge is 2.16. The first kappa shape index (κ1) is 14.0. The molecule has 4 heteroatoms. The number of rotatable bonds is 6. The summed E-state index contributed by atoms with van der Waals surface area (Å²) in [7, 11) is 0. The van der Waals surface area contributed by atoms with Crippen LogP contribution in [0.4, 0.5) is 0 Å². The van der Waals surface area contributed by atoms with Gasteiger partial charge in [-0.3, -0.25) is 4.79 Å². The molecule has 1 fully saturated rings. The van der Waals surface area contributed by atoms with Crippen LogP contribution in [0.3, 0.4) is 0 Å². The highest BCUT2D eigenvalue weighted by atomic mass is 16.5. The zero-order valence-corrected chi connectivity index (χ0v) is 11.3. The Balaban J connectivity index is 1.81. The van der Waals surface area contributed by atoms with Crippen LogP contribution in [0.1, 0.15) is 30.1 Å². The van der Waals surface area contributed by atoms with Crippen LogP contribution in [0.15, 0.2) is 24.3 Å². The van der Waals surface area contributed by atoms with Gasteiger partial charge in [-0.15, -0.1) is 0 Å². The van der Waals surface area contributed by atoms with E-state index in [-0.39, 0.29) is 18.5 Å². The SMILES string of the molecule is CCOc1ccc(C(=O)COC2CCOCC2)cc1. The van der Waals surface area contributed by atoms with E-state index < -0.39 is 0 Å². The second-order valence-electron chi connectivity index (χ2n) is 4.50. The molecule has 0 saturated carbocycles. The molecule has 0 aliphatic carbocycles. The Labute approximate surface area is 113 Å². The summed E-state index contributed by atoms with van der Waals surface area (Å²) >= 11 is 0.